The fourth-order valence-electron chi connectivity index (χ4n) is 2.71. The minimum atomic E-state index is -0.503. The zero-order chi connectivity index (χ0) is 18.7. The number of nitrogens with one attached hydrogen (secondary N) is 1. The molecule has 26 heavy (non-hydrogen) atoms. The molecular weight excluding hydrogens is 354 g/mol. The number of thioether (sulfide) groups is 1. The van der Waals surface area contributed by atoms with Crippen molar-refractivity contribution in [3.05, 3.63) is 58.6 Å². The van der Waals surface area contributed by atoms with Gasteiger partial charge in [0.2, 0.25) is 11.8 Å². The van der Waals surface area contributed by atoms with Crippen molar-refractivity contribution in [3.63, 3.8) is 0 Å². The Hall–Kier alpha value is -2.87. The summed E-state index contributed by atoms with van der Waals surface area (Å²) in [5.41, 5.74) is 1.12. The first kappa shape index (κ1) is 17.9. The highest BCUT2D eigenvalue weighted by atomic mass is 32.2. The van der Waals surface area contributed by atoms with E-state index in [-0.39, 0.29) is 29.3 Å². The van der Waals surface area contributed by atoms with Crippen LogP contribution in [0.25, 0.3) is 0 Å². The van der Waals surface area contributed by atoms with E-state index in [1.54, 1.807) is 11.8 Å². The van der Waals surface area contributed by atoms with Gasteiger partial charge in [-0.15, -0.1) is 11.8 Å². The Bertz CT molecular complexity index is 854. The molecule has 0 radical (unpaired) electrons. The first-order valence-electron chi connectivity index (χ1n) is 8.04. The largest absolute Gasteiger partial charge is 0.325 e. The predicted octanol–water partition coefficient (Wildman–Crippen LogP) is 3.45. The average Bonchev–Trinajstić information content (AvgIpc) is 2.71. The molecule has 3 rings (SSSR count). The summed E-state index contributed by atoms with van der Waals surface area (Å²) in [5, 5.41) is 13.5. The Morgan fingerprint density at radius 3 is 2.65 bits per heavy atom. The normalized spacial score (nSPS) is 16.6. The average molecular weight is 371 g/mol. The number of nitro benzene ring substituents is 1. The van der Waals surface area contributed by atoms with Crippen molar-refractivity contribution in [1.82, 2.24) is 0 Å². The van der Waals surface area contributed by atoms with Gasteiger partial charge in [0.25, 0.3) is 5.69 Å². The number of anilines is 2. The molecule has 0 bridgehead atoms. The molecule has 0 spiro atoms. The molecular formula is C18H17N3O4S. The molecule has 0 saturated heterocycles. The van der Waals surface area contributed by atoms with Crippen LogP contribution >= 0.6 is 11.8 Å². The molecule has 0 fully saturated rings. The van der Waals surface area contributed by atoms with E-state index in [0.717, 1.165) is 10.6 Å². The third-order valence-corrected chi connectivity index (χ3v) is 5.08. The van der Waals surface area contributed by atoms with Gasteiger partial charge < -0.3 is 10.2 Å². The maximum absolute atomic E-state index is 12.6. The lowest BCUT2D eigenvalue weighted by Crippen LogP contribution is -2.38. The van der Waals surface area contributed by atoms with Crippen LogP contribution in [0, 0.1) is 10.1 Å². The first-order valence-corrected chi connectivity index (χ1v) is 8.92. The molecule has 0 aliphatic carbocycles. The number of nitro groups is 1. The summed E-state index contributed by atoms with van der Waals surface area (Å²) in [5.74, 6) is -0.463. The van der Waals surface area contributed by atoms with Crippen LogP contribution < -0.4 is 10.2 Å². The van der Waals surface area contributed by atoms with E-state index in [0.29, 0.717) is 12.1 Å². The van der Waals surface area contributed by atoms with Crippen molar-refractivity contribution in [2.24, 2.45) is 0 Å². The molecule has 8 heteroatoms. The monoisotopic (exact) mass is 371 g/mol. The van der Waals surface area contributed by atoms with E-state index in [4.69, 9.17) is 0 Å². The van der Waals surface area contributed by atoms with E-state index in [1.807, 2.05) is 31.2 Å². The Labute approximate surface area is 154 Å². The summed E-state index contributed by atoms with van der Waals surface area (Å²) in [7, 11) is 0. The van der Waals surface area contributed by atoms with Crippen molar-refractivity contribution >= 4 is 40.6 Å². The summed E-state index contributed by atoms with van der Waals surface area (Å²) in [6, 6.07) is 13.1. The van der Waals surface area contributed by atoms with Gasteiger partial charge in [-0.25, -0.2) is 0 Å². The number of hydrogen-bond acceptors (Lipinski definition) is 5. The third-order valence-electron chi connectivity index (χ3n) is 3.91. The number of rotatable bonds is 4. The lowest BCUT2D eigenvalue weighted by molar-refractivity contribution is -0.384. The number of benzene rings is 2. The first-order chi connectivity index (χ1) is 12.4. The van der Waals surface area contributed by atoms with Crippen LogP contribution in [0.3, 0.4) is 0 Å². The van der Waals surface area contributed by atoms with Crippen molar-refractivity contribution in [3.8, 4) is 0 Å². The molecule has 1 unspecified atom stereocenters. The number of nitrogens with zero attached hydrogens (tertiary/aromatic N) is 2. The molecule has 1 aliphatic heterocycles. The van der Waals surface area contributed by atoms with E-state index in [9.17, 15) is 19.7 Å². The van der Waals surface area contributed by atoms with Gasteiger partial charge in [-0.2, -0.15) is 0 Å². The third kappa shape index (κ3) is 4.02. The van der Waals surface area contributed by atoms with Crippen LogP contribution in [-0.2, 0) is 9.59 Å². The number of carbonyl (C=O) groups is 2. The Morgan fingerprint density at radius 1 is 1.27 bits per heavy atom. The molecule has 2 amide bonds. The number of hydrogen-bond donors (Lipinski definition) is 1. The predicted molar refractivity (Wildman–Crippen MR) is 100 cm³/mol. The van der Waals surface area contributed by atoms with Crippen LogP contribution in [0.4, 0.5) is 17.1 Å². The number of carbonyl (C=O) groups excluding carboxylic acids is 2. The Balaban J connectivity index is 1.75. The van der Waals surface area contributed by atoms with Crippen LogP contribution in [0.1, 0.15) is 13.3 Å². The minimum Gasteiger partial charge on any atom is -0.325 e. The smallest absolute Gasteiger partial charge is 0.269 e. The summed E-state index contributed by atoms with van der Waals surface area (Å²) in [6.45, 7) is 1.87. The summed E-state index contributed by atoms with van der Waals surface area (Å²) >= 11 is 1.62. The molecule has 1 heterocycles. The molecule has 0 saturated carbocycles. The van der Waals surface area contributed by atoms with E-state index < -0.39 is 4.92 Å². The molecule has 1 N–H and O–H groups in total. The molecule has 1 atom stereocenters. The molecule has 0 aromatic heterocycles. The number of non-ortho nitro benzene ring substituents is 1. The molecule has 7 nitrogen and oxygen atoms in total. The fourth-order valence-corrected chi connectivity index (χ4v) is 3.83. The summed E-state index contributed by atoms with van der Waals surface area (Å²) in [6.07, 6.45) is 0.351. The van der Waals surface area contributed by atoms with Crippen LogP contribution in [-0.4, -0.2) is 28.5 Å². The summed E-state index contributed by atoms with van der Waals surface area (Å²) in [4.78, 5) is 37.6. The van der Waals surface area contributed by atoms with Gasteiger partial charge in [0.05, 0.1) is 10.6 Å². The van der Waals surface area contributed by atoms with Gasteiger partial charge in [0.1, 0.15) is 6.54 Å². The molecule has 2 aromatic carbocycles. The molecule has 2 aromatic rings. The van der Waals surface area contributed by atoms with Gasteiger partial charge in [0.15, 0.2) is 0 Å². The van der Waals surface area contributed by atoms with Gasteiger partial charge in [-0.05, 0) is 24.3 Å². The quantitative estimate of drug-likeness (QED) is 0.656. The number of para-hydroxylation sites is 1. The second kappa shape index (κ2) is 7.57. The van der Waals surface area contributed by atoms with Gasteiger partial charge in [-0.1, -0.05) is 19.1 Å². The van der Waals surface area contributed by atoms with Crippen molar-refractivity contribution in [1.29, 1.82) is 0 Å². The van der Waals surface area contributed by atoms with Crippen LogP contribution in [0.5, 0.6) is 0 Å². The summed E-state index contributed by atoms with van der Waals surface area (Å²) < 4.78 is 0. The second-order valence-electron chi connectivity index (χ2n) is 5.93. The van der Waals surface area contributed by atoms with Crippen molar-refractivity contribution in [2.75, 3.05) is 16.8 Å². The van der Waals surface area contributed by atoms with Crippen molar-refractivity contribution < 1.29 is 14.5 Å². The maximum atomic E-state index is 12.6. The van der Waals surface area contributed by atoms with Gasteiger partial charge >= 0.3 is 0 Å². The SMILES string of the molecule is CC1CC(=O)N(CC(=O)Nc2ccc([N+](=O)[O-])cc2)c2ccccc2S1. The Morgan fingerprint density at radius 2 is 1.96 bits per heavy atom. The van der Waals surface area contributed by atoms with E-state index >= 15 is 0 Å². The highest BCUT2D eigenvalue weighted by Crippen LogP contribution is 2.37. The van der Waals surface area contributed by atoms with E-state index in [1.165, 1.54) is 29.2 Å². The topological polar surface area (TPSA) is 92.6 Å². The van der Waals surface area contributed by atoms with Crippen LogP contribution in [0.2, 0.25) is 0 Å². The van der Waals surface area contributed by atoms with E-state index in [2.05, 4.69) is 5.32 Å². The lowest BCUT2D eigenvalue weighted by Gasteiger charge is -2.22. The fraction of sp³-hybridized carbons (Fsp3) is 0.222. The zero-order valence-electron chi connectivity index (χ0n) is 14.0. The number of amides is 2. The minimum absolute atomic E-state index is 0.0503. The highest BCUT2D eigenvalue weighted by Gasteiger charge is 2.27. The lowest BCUT2D eigenvalue weighted by atomic mass is 10.2. The standard InChI is InChI=1S/C18H17N3O4S/c1-12-10-18(23)20(15-4-2-3-5-16(15)26-12)11-17(22)19-13-6-8-14(9-7-13)21(24)25/h2-9,12H,10-11H2,1H3,(H,19,22). The van der Waals surface area contributed by atoms with Crippen LogP contribution in [0.15, 0.2) is 53.4 Å². The number of fused-ring (bicyclic) bond motifs is 1. The maximum Gasteiger partial charge on any atom is 0.269 e. The second-order valence-corrected chi connectivity index (χ2v) is 7.41. The molecule has 134 valence electrons. The molecule has 1 aliphatic rings. The van der Waals surface area contributed by atoms with Gasteiger partial charge in [-0.3, -0.25) is 19.7 Å². The van der Waals surface area contributed by atoms with Gasteiger partial charge in [0, 0.05) is 34.4 Å². The Kier molecular flexibility index (Phi) is 5.22. The highest BCUT2D eigenvalue weighted by molar-refractivity contribution is 8.00. The van der Waals surface area contributed by atoms with Crippen molar-refractivity contribution in [2.45, 2.75) is 23.5 Å². The zero-order valence-corrected chi connectivity index (χ0v) is 14.9.